The lowest BCUT2D eigenvalue weighted by molar-refractivity contribution is 0.316. The van der Waals surface area contributed by atoms with E-state index in [0.29, 0.717) is 32.4 Å². The van der Waals surface area contributed by atoms with Crippen LogP contribution in [0.1, 0.15) is 32.6 Å². The summed E-state index contributed by atoms with van der Waals surface area (Å²) in [6.07, 6.45) is 2.53. The molecule has 7 nitrogen and oxygen atoms in total. The molecule has 5 N–H and O–H groups in total. The lowest BCUT2D eigenvalue weighted by Gasteiger charge is -2.06. The predicted molar refractivity (Wildman–Crippen MR) is 62.5 cm³/mol. The van der Waals surface area contributed by atoms with Gasteiger partial charge >= 0.3 is 0 Å². The van der Waals surface area contributed by atoms with E-state index in [1.807, 2.05) is 6.92 Å². The van der Waals surface area contributed by atoms with Gasteiger partial charge in [-0.3, -0.25) is 0 Å². The highest BCUT2D eigenvalue weighted by atomic mass is 32.2. The Morgan fingerprint density at radius 1 is 1.31 bits per heavy atom. The number of nitrogens with two attached hydrogens (primary N) is 1. The second-order valence-corrected chi connectivity index (χ2v) is 4.92. The first-order valence-corrected chi connectivity index (χ1v) is 6.70. The Hall–Kier alpha value is -0.860. The van der Waals surface area contributed by atoms with Crippen LogP contribution in [0.3, 0.4) is 0 Å². The average Bonchev–Trinajstić information content (AvgIpc) is 2.25. The minimum absolute atomic E-state index is 0.159. The lowest BCUT2D eigenvalue weighted by atomic mass is 10.2. The van der Waals surface area contributed by atoms with Gasteiger partial charge < -0.3 is 10.9 Å². The Morgan fingerprint density at radius 2 is 1.94 bits per heavy atom. The lowest BCUT2D eigenvalue weighted by Crippen LogP contribution is -2.37. The Labute approximate surface area is 96.3 Å². The van der Waals surface area contributed by atoms with E-state index < -0.39 is 10.2 Å². The van der Waals surface area contributed by atoms with Crippen LogP contribution in [-0.4, -0.2) is 32.6 Å². The summed E-state index contributed by atoms with van der Waals surface area (Å²) in [4.78, 5) is 0. The van der Waals surface area contributed by atoms with Crippen molar-refractivity contribution in [1.29, 1.82) is 0 Å². The molecule has 0 aliphatic rings. The summed E-state index contributed by atoms with van der Waals surface area (Å²) in [6, 6.07) is 0. The predicted octanol–water partition coefficient (Wildman–Crippen LogP) is -0.263. The number of amidine groups is 1. The molecule has 0 fully saturated rings. The van der Waals surface area contributed by atoms with Gasteiger partial charge in [-0.25, -0.2) is 9.44 Å². The topological polar surface area (TPSA) is 117 Å². The zero-order valence-corrected chi connectivity index (χ0v) is 10.3. The first-order chi connectivity index (χ1) is 7.52. The molecule has 0 atom stereocenters. The van der Waals surface area contributed by atoms with Crippen LogP contribution in [0.2, 0.25) is 0 Å². The molecule has 0 heterocycles. The van der Waals surface area contributed by atoms with Gasteiger partial charge in [-0.2, -0.15) is 8.42 Å². The molecule has 0 rings (SSSR count). The summed E-state index contributed by atoms with van der Waals surface area (Å²) in [5.74, 6) is 0.159. The smallest absolute Gasteiger partial charge is 0.276 e. The number of rotatable bonds is 9. The third-order valence-electron chi connectivity index (χ3n) is 1.82. The van der Waals surface area contributed by atoms with E-state index in [0.717, 1.165) is 6.42 Å². The van der Waals surface area contributed by atoms with Crippen molar-refractivity contribution in [2.75, 3.05) is 13.1 Å². The van der Waals surface area contributed by atoms with Crippen LogP contribution in [0.5, 0.6) is 0 Å². The highest BCUT2D eigenvalue weighted by molar-refractivity contribution is 7.87. The maximum atomic E-state index is 11.2. The van der Waals surface area contributed by atoms with Gasteiger partial charge in [0.15, 0.2) is 0 Å². The highest BCUT2D eigenvalue weighted by Gasteiger charge is 2.06. The van der Waals surface area contributed by atoms with Crippen molar-refractivity contribution < 1.29 is 13.6 Å². The number of hydrogen-bond donors (Lipinski definition) is 4. The molecule has 0 saturated heterocycles. The van der Waals surface area contributed by atoms with E-state index in [2.05, 4.69) is 14.6 Å². The molecule has 96 valence electrons. The van der Waals surface area contributed by atoms with Gasteiger partial charge in [0.2, 0.25) is 0 Å². The van der Waals surface area contributed by atoms with Crippen molar-refractivity contribution in [1.82, 2.24) is 9.44 Å². The molecular weight excluding hydrogens is 232 g/mol. The Morgan fingerprint density at radius 3 is 2.50 bits per heavy atom. The Kier molecular flexibility index (Phi) is 7.86. The molecule has 0 spiro atoms. The van der Waals surface area contributed by atoms with Crippen molar-refractivity contribution in [2.45, 2.75) is 32.6 Å². The van der Waals surface area contributed by atoms with E-state index in [-0.39, 0.29) is 5.84 Å². The number of nitrogens with zero attached hydrogens (tertiary/aromatic N) is 1. The third-order valence-corrected chi connectivity index (χ3v) is 2.99. The van der Waals surface area contributed by atoms with E-state index in [4.69, 9.17) is 10.9 Å². The van der Waals surface area contributed by atoms with Crippen LogP contribution in [0.25, 0.3) is 0 Å². The molecule has 0 aliphatic heterocycles. The van der Waals surface area contributed by atoms with Gasteiger partial charge in [0.1, 0.15) is 5.84 Å². The molecule has 0 radical (unpaired) electrons. The zero-order chi connectivity index (χ0) is 12.4. The summed E-state index contributed by atoms with van der Waals surface area (Å²) in [7, 11) is -3.36. The van der Waals surface area contributed by atoms with Crippen molar-refractivity contribution in [3.05, 3.63) is 0 Å². The molecule has 0 amide bonds. The van der Waals surface area contributed by atoms with E-state index in [1.165, 1.54) is 0 Å². The summed E-state index contributed by atoms with van der Waals surface area (Å²) >= 11 is 0. The molecule has 0 unspecified atom stereocenters. The van der Waals surface area contributed by atoms with E-state index in [9.17, 15) is 8.42 Å². The van der Waals surface area contributed by atoms with Gasteiger partial charge in [0.25, 0.3) is 10.2 Å². The van der Waals surface area contributed by atoms with Crippen LogP contribution in [0.15, 0.2) is 5.16 Å². The van der Waals surface area contributed by atoms with Crippen LogP contribution >= 0.6 is 0 Å². The molecule has 0 bridgehead atoms. The zero-order valence-electron chi connectivity index (χ0n) is 9.44. The maximum Gasteiger partial charge on any atom is 0.276 e. The van der Waals surface area contributed by atoms with Gasteiger partial charge in [-0.15, -0.1) is 0 Å². The summed E-state index contributed by atoms with van der Waals surface area (Å²) in [5.41, 5.74) is 5.26. The quantitative estimate of drug-likeness (QED) is 0.149. The minimum atomic E-state index is -3.36. The summed E-state index contributed by atoms with van der Waals surface area (Å²) in [5, 5.41) is 11.1. The second-order valence-electron chi connectivity index (χ2n) is 3.34. The summed E-state index contributed by atoms with van der Waals surface area (Å²) in [6.45, 7) is 2.66. The molecule has 16 heavy (non-hydrogen) atoms. The molecule has 0 aromatic carbocycles. The summed E-state index contributed by atoms with van der Waals surface area (Å²) < 4.78 is 27.3. The highest BCUT2D eigenvalue weighted by Crippen LogP contribution is 1.94. The molecule has 0 aromatic rings. The fraction of sp³-hybridized carbons (Fsp3) is 0.875. The average molecular weight is 252 g/mol. The first kappa shape index (κ1) is 15.1. The molecule has 0 saturated carbocycles. The number of unbranched alkanes of at least 4 members (excludes halogenated alkanes) is 1. The molecular formula is C8H20N4O3S. The van der Waals surface area contributed by atoms with Crippen molar-refractivity contribution in [3.63, 3.8) is 0 Å². The van der Waals surface area contributed by atoms with E-state index >= 15 is 0 Å². The molecule has 0 aromatic heterocycles. The number of oxime groups is 1. The minimum Gasteiger partial charge on any atom is -0.409 e. The maximum absolute atomic E-state index is 11.2. The van der Waals surface area contributed by atoms with Gasteiger partial charge in [-0.05, 0) is 19.3 Å². The van der Waals surface area contributed by atoms with Crippen LogP contribution < -0.4 is 15.2 Å². The largest absolute Gasteiger partial charge is 0.409 e. The van der Waals surface area contributed by atoms with Crippen LogP contribution in [-0.2, 0) is 10.2 Å². The monoisotopic (exact) mass is 252 g/mol. The number of hydrogen-bond acceptors (Lipinski definition) is 4. The van der Waals surface area contributed by atoms with Crippen molar-refractivity contribution in [3.8, 4) is 0 Å². The SMILES string of the molecule is CCCNS(=O)(=O)NCCCCC(N)=NO. The van der Waals surface area contributed by atoms with Crippen molar-refractivity contribution in [2.24, 2.45) is 10.9 Å². The van der Waals surface area contributed by atoms with E-state index in [1.54, 1.807) is 0 Å². The Balaban J connectivity index is 3.58. The van der Waals surface area contributed by atoms with Gasteiger partial charge in [0, 0.05) is 19.5 Å². The fourth-order valence-corrected chi connectivity index (χ4v) is 1.96. The van der Waals surface area contributed by atoms with Crippen molar-refractivity contribution >= 4 is 16.0 Å². The normalized spacial score (nSPS) is 12.9. The number of nitrogens with one attached hydrogen (secondary N) is 2. The van der Waals surface area contributed by atoms with Crippen LogP contribution in [0.4, 0.5) is 0 Å². The molecule has 0 aliphatic carbocycles. The Bertz CT molecular complexity index is 302. The van der Waals surface area contributed by atoms with Crippen LogP contribution in [0, 0.1) is 0 Å². The standard InChI is InChI=1S/C8H20N4O3S/c1-2-6-10-16(14,15)11-7-4-3-5-8(9)12-13/h10-11,13H,2-7H2,1H3,(H2,9,12). The third kappa shape index (κ3) is 8.45. The van der Waals surface area contributed by atoms with Gasteiger partial charge in [0.05, 0.1) is 0 Å². The van der Waals surface area contributed by atoms with Gasteiger partial charge in [-0.1, -0.05) is 12.1 Å². The fourth-order valence-electron chi connectivity index (χ4n) is 0.975. The first-order valence-electron chi connectivity index (χ1n) is 5.22. The molecule has 8 heteroatoms. The second kappa shape index (κ2) is 8.31.